The molecule has 1 atom stereocenters. The van der Waals surface area contributed by atoms with Crippen LogP contribution in [0.4, 0.5) is 0 Å². The zero-order chi connectivity index (χ0) is 20.1. The average Bonchev–Trinajstić information content (AvgIpc) is 3.22. The van der Waals surface area contributed by atoms with Gasteiger partial charge in [0.15, 0.2) is 9.84 Å². The van der Waals surface area contributed by atoms with Crippen molar-refractivity contribution in [2.45, 2.75) is 23.8 Å². The summed E-state index contributed by atoms with van der Waals surface area (Å²) in [5.41, 5.74) is 1.46. The van der Waals surface area contributed by atoms with E-state index in [0.717, 1.165) is 43.5 Å². The summed E-state index contributed by atoms with van der Waals surface area (Å²) in [5.74, 6) is 0.522. The van der Waals surface area contributed by atoms with Crippen LogP contribution in [0.25, 0.3) is 0 Å². The van der Waals surface area contributed by atoms with Crippen LogP contribution in [0, 0.1) is 0 Å². The lowest BCUT2D eigenvalue weighted by molar-refractivity contribution is 0.0937. The molecule has 1 aliphatic rings. The molecule has 3 rings (SSSR count). The van der Waals surface area contributed by atoms with E-state index in [1.807, 2.05) is 24.3 Å². The number of carbonyl (C=O) groups is 1. The fourth-order valence-electron chi connectivity index (χ4n) is 3.50. The maximum atomic E-state index is 12.6. The molecule has 6 nitrogen and oxygen atoms in total. The molecule has 2 aromatic carbocycles. The van der Waals surface area contributed by atoms with Gasteiger partial charge in [0, 0.05) is 18.4 Å². The van der Waals surface area contributed by atoms with Gasteiger partial charge in [0.1, 0.15) is 5.75 Å². The Morgan fingerprint density at radius 3 is 2.43 bits per heavy atom. The highest BCUT2D eigenvalue weighted by atomic mass is 32.2. The van der Waals surface area contributed by atoms with E-state index in [9.17, 15) is 13.2 Å². The lowest BCUT2D eigenvalue weighted by Crippen LogP contribution is -2.36. The third kappa shape index (κ3) is 4.91. The highest BCUT2D eigenvalue weighted by molar-refractivity contribution is 7.90. The van der Waals surface area contributed by atoms with Crippen LogP contribution in [-0.4, -0.2) is 52.2 Å². The molecular weight excluding hydrogens is 376 g/mol. The van der Waals surface area contributed by atoms with E-state index < -0.39 is 9.84 Å². The van der Waals surface area contributed by atoms with E-state index in [4.69, 9.17) is 4.74 Å². The number of methoxy groups -OCH3 is 1. The largest absolute Gasteiger partial charge is 0.497 e. The molecule has 1 saturated heterocycles. The fraction of sp³-hybridized carbons (Fsp3) is 0.381. The molecule has 0 aliphatic carbocycles. The van der Waals surface area contributed by atoms with Gasteiger partial charge < -0.3 is 10.1 Å². The summed E-state index contributed by atoms with van der Waals surface area (Å²) in [7, 11) is -1.72. The van der Waals surface area contributed by atoms with Gasteiger partial charge in [0.2, 0.25) is 0 Å². The Bertz CT molecular complexity index is 920. The summed E-state index contributed by atoms with van der Waals surface area (Å²) in [6, 6.07) is 14.1. The molecule has 150 valence electrons. The van der Waals surface area contributed by atoms with Gasteiger partial charge in [-0.15, -0.1) is 0 Å². The summed E-state index contributed by atoms with van der Waals surface area (Å²) in [6.45, 7) is 2.44. The number of rotatable bonds is 7. The minimum atomic E-state index is -3.35. The fourth-order valence-corrected chi connectivity index (χ4v) is 4.16. The van der Waals surface area contributed by atoms with Crippen LogP contribution in [0.3, 0.4) is 0 Å². The van der Waals surface area contributed by atoms with Crippen molar-refractivity contribution in [1.82, 2.24) is 10.2 Å². The van der Waals surface area contributed by atoms with Crippen LogP contribution in [0.1, 0.15) is 34.8 Å². The third-order valence-electron chi connectivity index (χ3n) is 5.06. The summed E-state index contributed by atoms with van der Waals surface area (Å²) < 4.78 is 28.7. The molecule has 0 spiro atoms. The van der Waals surface area contributed by atoms with Gasteiger partial charge in [-0.1, -0.05) is 18.2 Å². The second-order valence-corrected chi connectivity index (χ2v) is 9.06. The highest BCUT2D eigenvalue weighted by Gasteiger charge is 2.24. The van der Waals surface area contributed by atoms with Crippen molar-refractivity contribution in [2.75, 3.05) is 33.0 Å². The number of carbonyl (C=O) groups excluding carboxylic acids is 1. The Balaban J connectivity index is 1.75. The van der Waals surface area contributed by atoms with Crippen molar-refractivity contribution in [3.8, 4) is 5.75 Å². The summed E-state index contributed by atoms with van der Waals surface area (Å²) in [5, 5.41) is 2.98. The molecule has 1 heterocycles. The normalized spacial score (nSPS) is 15.9. The SMILES string of the molecule is COc1ccc(C(CNC(=O)c2cccc(S(C)(=O)=O)c2)N2CCCC2)cc1. The molecule has 0 bridgehead atoms. The Morgan fingerprint density at radius 2 is 1.82 bits per heavy atom. The molecule has 7 heteroatoms. The zero-order valence-electron chi connectivity index (χ0n) is 16.2. The Hall–Kier alpha value is -2.38. The standard InChI is InChI=1S/C21H26N2O4S/c1-27-18-10-8-16(9-11-18)20(23-12-3-4-13-23)15-22-21(24)17-6-5-7-19(14-17)28(2,25)26/h5-11,14,20H,3-4,12-13,15H2,1-2H3,(H,22,24). The van der Waals surface area contributed by atoms with Crippen molar-refractivity contribution in [3.05, 3.63) is 59.7 Å². The highest BCUT2D eigenvalue weighted by Crippen LogP contribution is 2.26. The van der Waals surface area contributed by atoms with Gasteiger partial charge in [-0.3, -0.25) is 9.69 Å². The van der Waals surface area contributed by atoms with Crippen LogP contribution in [-0.2, 0) is 9.84 Å². The quantitative estimate of drug-likeness (QED) is 0.771. The summed E-state index contributed by atoms with van der Waals surface area (Å²) in [6.07, 6.45) is 3.44. The van der Waals surface area contributed by atoms with E-state index in [1.165, 1.54) is 12.1 Å². The molecule has 0 radical (unpaired) electrons. The second-order valence-electron chi connectivity index (χ2n) is 7.04. The van der Waals surface area contributed by atoms with Crippen molar-refractivity contribution < 1.29 is 17.9 Å². The van der Waals surface area contributed by atoms with Crippen LogP contribution < -0.4 is 10.1 Å². The number of hydrogen-bond acceptors (Lipinski definition) is 5. The Kier molecular flexibility index (Phi) is 6.36. The molecule has 1 aliphatic heterocycles. The number of likely N-dealkylation sites (tertiary alicyclic amines) is 1. The maximum absolute atomic E-state index is 12.6. The lowest BCUT2D eigenvalue weighted by atomic mass is 10.0. The number of ether oxygens (including phenoxy) is 1. The van der Waals surface area contributed by atoms with Crippen LogP contribution >= 0.6 is 0 Å². The second kappa shape index (κ2) is 8.75. The van der Waals surface area contributed by atoms with Gasteiger partial charge in [0.05, 0.1) is 18.0 Å². The van der Waals surface area contributed by atoms with E-state index in [0.29, 0.717) is 12.1 Å². The third-order valence-corrected chi connectivity index (χ3v) is 6.17. The Morgan fingerprint density at radius 1 is 1.14 bits per heavy atom. The topological polar surface area (TPSA) is 75.7 Å². The number of amides is 1. The molecule has 2 aromatic rings. The lowest BCUT2D eigenvalue weighted by Gasteiger charge is -2.28. The van der Waals surface area contributed by atoms with Crippen molar-refractivity contribution >= 4 is 15.7 Å². The first-order chi connectivity index (χ1) is 13.4. The summed E-state index contributed by atoms with van der Waals surface area (Å²) >= 11 is 0. The first kappa shape index (κ1) is 20.4. The van der Waals surface area contributed by atoms with E-state index in [-0.39, 0.29) is 16.8 Å². The van der Waals surface area contributed by atoms with Gasteiger partial charge in [-0.25, -0.2) is 8.42 Å². The van der Waals surface area contributed by atoms with Crippen LogP contribution in [0.5, 0.6) is 5.75 Å². The maximum Gasteiger partial charge on any atom is 0.251 e. The number of sulfone groups is 1. The number of benzene rings is 2. The van der Waals surface area contributed by atoms with Gasteiger partial charge in [0.25, 0.3) is 5.91 Å². The van der Waals surface area contributed by atoms with Gasteiger partial charge in [-0.05, 0) is 61.8 Å². The first-order valence-electron chi connectivity index (χ1n) is 9.35. The van der Waals surface area contributed by atoms with E-state index in [2.05, 4.69) is 10.2 Å². The number of hydrogen-bond donors (Lipinski definition) is 1. The smallest absolute Gasteiger partial charge is 0.251 e. The van der Waals surface area contributed by atoms with Crippen LogP contribution in [0.2, 0.25) is 0 Å². The van der Waals surface area contributed by atoms with Crippen molar-refractivity contribution in [1.29, 1.82) is 0 Å². The molecule has 1 N–H and O–H groups in total. The number of nitrogens with zero attached hydrogens (tertiary/aromatic N) is 1. The predicted molar refractivity (Wildman–Crippen MR) is 108 cm³/mol. The predicted octanol–water partition coefficient (Wildman–Crippen LogP) is 2.67. The van der Waals surface area contributed by atoms with Crippen molar-refractivity contribution in [2.24, 2.45) is 0 Å². The monoisotopic (exact) mass is 402 g/mol. The molecule has 1 unspecified atom stereocenters. The van der Waals surface area contributed by atoms with Gasteiger partial charge >= 0.3 is 0 Å². The van der Waals surface area contributed by atoms with E-state index in [1.54, 1.807) is 19.2 Å². The summed E-state index contributed by atoms with van der Waals surface area (Å²) in [4.78, 5) is 15.1. The molecule has 1 fully saturated rings. The molecule has 28 heavy (non-hydrogen) atoms. The van der Waals surface area contributed by atoms with Gasteiger partial charge in [-0.2, -0.15) is 0 Å². The zero-order valence-corrected chi connectivity index (χ0v) is 17.0. The average molecular weight is 403 g/mol. The minimum Gasteiger partial charge on any atom is -0.497 e. The van der Waals surface area contributed by atoms with E-state index >= 15 is 0 Å². The molecule has 0 saturated carbocycles. The van der Waals surface area contributed by atoms with Crippen molar-refractivity contribution in [3.63, 3.8) is 0 Å². The molecule has 1 amide bonds. The Labute approximate surface area is 166 Å². The first-order valence-corrected chi connectivity index (χ1v) is 11.2. The molecule has 0 aromatic heterocycles. The van der Waals surface area contributed by atoms with Crippen LogP contribution in [0.15, 0.2) is 53.4 Å². The minimum absolute atomic E-state index is 0.0652. The number of nitrogens with one attached hydrogen (secondary N) is 1. The molecular formula is C21H26N2O4S.